The van der Waals surface area contributed by atoms with Crippen molar-refractivity contribution in [3.63, 3.8) is 0 Å². The number of nitrogens with two attached hydrogens (primary N) is 1. The number of carbonyl (C=O) groups is 5. The van der Waals surface area contributed by atoms with Crippen LogP contribution >= 0.6 is 32.9 Å². The van der Waals surface area contributed by atoms with Crippen molar-refractivity contribution < 1.29 is 37.4 Å². The van der Waals surface area contributed by atoms with Crippen LogP contribution in [0.5, 0.6) is 0 Å². The largest absolute Gasteiger partial charge is 0.455 e. The highest BCUT2D eigenvalue weighted by Gasteiger charge is 2.32. The molecule has 0 bridgehead atoms. The number of hydrogen-bond donors (Lipinski definition) is 3. The third-order valence-corrected chi connectivity index (χ3v) is 12.8. The molecule has 1 aromatic carbocycles. The molecule has 3 atom stereocenters. The van der Waals surface area contributed by atoms with Crippen molar-refractivity contribution in [1.29, 1.82) is 0 Å². The first-order chi connectivity index (χ1) is 31.7. The van der Waals surface area contributed by atoms with E-state index in [0.29, 0.717) is 56.1 Å². The first kappa shape index (κ1) is 61.2. The van der Waals surface area contributed by atoms with Gasteiger partial charge >= 0.3 is 5.97 Å². The predicted molar refractivity (Wildman–Crippen MR) is 277 cm³/mol. The molecule has 0 saturated carbocycles. The highest BCUT2D eigenvalue weighted by molar-refractivity contribution is 8.76. The Kier molecular flexibility index (Phi) is 34.7. The number of benzene rings is 1. The van der Waals surface area contributed by atoms with E-state index in [9.17, 15) is 28.4 Å². The third kappa shape index (κ3) is 27.0. The number of unbranched alkanes of at least 4 members (excludes halogenated alkanes) is 2. The lowest BCUT2D eigenvalue weighted by Gasteiger charge is -2.36. The second-order valence-corrected chi connectivity index (χ2v) is 18.8. The molecule has 2 heterocycles. The maximum absolute atomic E-state index is 13.6. The molecule has 2 aromatic heterocycles. The number of halogens is 1. The zero-order valence-corrected chi connectivity index (χ0v) is 42.5. The summed E-state index contributed by atoms with van der Waals surface area (Å²) in [6.07, 6.45) is 15.5. The fraction of sp³-hybridized carbons (Fsp3) is 0.531. The van der Waals surface area contributed by atoms with Gasteiger partial charge in [0.1, 0.15) is 21.5 Å². The van der Waals surface area contributed by atoms with Crippen LogP contribution in [-0.4, -0.2) is 100 Å². The van der Waals surface area contributed by atoms with Gasteiger partial charge in [0.15, 0.2) is 6.10 Å². The van der Waals surface area contributed by atoms with Crippen molar-refractivity contribution >= 4 is 62.5 Å². The Morgan fingerprint density at radius 1 is 0.985 bits per heavy atom. The van der Waals surface area contributed by atoms with E-state index < -0.39 is 24.0 Å². The number of nitrogens with one attached hydrogen (secondary N) is 2. The number of primary amides is 1. The summed E-state index contributed by atoms with van der Waals surface area (Å²) in [6, 6.07) is 11.1. The Hall–Kier alpha value is -4.76. The molecule has 0 saturated heterocycles. The highest BCUT2D eigenvalue weighted by Crippen LogP contribution is 2.32. The SMILES string of the molecule is C#C.C=C.CCCCC(=O)N(CCC)[C@H](C[C@@H](OC(C)=O)c1nc(C(=O)N[C@H](CCC(=O)NCCSSc2ccccn2)Cc2ccc(F)cc2)cs1)C(C)C.CCCCN(C)CC(N)=O.[HH].[HH].[HH]. The number of ether oxygens (including phenoxy) is 1. The topological polar surface area (TPSA) is 177 Å². The quantitative estimate of drug-likeness (QED) is 0.0208. The number of hydrogen-bond acceptors (Lipinski definition) is 12. The van der Waals surface area contributed by atoms with E-state index >= 15 is 0 Å². The van der Waals surface area contributed by atoms with Gasteiger partial charge in [-0.25, -0.2) is 14.4 Å². The van der Waals surface area contributed by atoms with Gasteiger partial charge in [-0.3, -0.25) is 28.9 Å². The minimum atomic E-state index is -0.742. The van der Waals surface area contributed by atoms with Gasteiger partial charge in [0.25, 0.3) is 5.91 Å². The van der Waals surface area contributed by atoms with Crippen LogP contribution in [0.3, 0.4) is 0 Å². The lowest BCUT2D eigenvalue weighted by molar-refractivity contribution is -0.148. The number of rotatable bonds is 28. The smallest absolute Gasteiger partial charge is 0.303 e. The number of terminal acetylenes is 1. The molecule has 4 amide bonds. The molecule has 13 nitrogen and oxygen atoms in total. The number of nitrogens with zero attached hydrogens (tertiary/aromatic N) is 4. The number of carbonyl (C=O) groups excluding carboxylic acids is 5. The minimum Gasteiger partial charge on any atom is -0.455 e. The van der Waals surface area contributed by atoms with Crippen LogP contribution in [0.25, 0.3) is 0 Å². The maximum atomic E-state index is 13.6. The number of thiazole rings is 1. The average molecular weight is 978 g/mol. The number of amides is 4. The number of pyridine rings is 1. The molecule has 0 fully saturated rings. The zero-order valence-electron chi connectivity index (χ0n) is 40.1. The summed E-state index contributed by atoms with van der Waals surface area (Å²) in [5.74, 6) is -0.770. The molecule has 0 spiro atoms. The van der Waals surface area contributed by atoms with Crippen LogP contribution in [0.2, 0.25) is 0 Å². The molecule has 0 aliphatic heterocycles. The Bertz CT molecular complexity index is 1850. The van der Waals surface area contributed by atoms with E-state index in [4.69, 9.17) is 10.5 Å². The Morgan fingerprint density at radius 2 is 1.67 bits per heavy atom. The van der Waals surface area contributed by atoms with E-state index in [-0.39, 0.29) is 51.9 Å². The summed E-state index contributed by atoms with van der Waals surface area (Å²) in [7, 11) is 5.05. The predicted octanol–water partition coefficient (Wildman–Crippen LogP) is 9.80. The second kappa shape index (κ2) is 37.3. The molecule has 17 heteroatoms. The van der Waals surface area contributed by atoms with Gasteiger partial charge in [0.2, 0.25) is 17.7 Å². The summed E-state index contributed by atoms with van der Waals surface area (Å²) < 4.78 is 19.4. The van der Waals surface area contributed by atoms with Crippen molar-refractivity contribution in [2.75, 3.05) is 39.0 Å². The minimum absolute atomic E-state index is 0. The first-order valence-corrected chi connectivity index (χ1v) is 25.6. The van der Waals surface area contributed by atoms with Crippen LogP contribution < -0.4 is 16.4 Å². The van der Waals surface area contributed by atoms with E-state index in [0.717, 1.165) is 49.2 Å². The van der Waals surface area contributed by atoms with E-state index in [2.05, 4.69) is 74.3 Å². The molecular formula is C49H80FN7O6S3. The molecular weight excluding hydrogens is 898 g/mol. The summed E-state index contributed by atoms with van der Waals surface area (Å²) in [4.78, 5) is 74.9. The molecule has 0 unspecified atom stereocenters. The number of esters is 1. The van der Waals surface area contributed by atoms with Gasteiger partial charge in [-0.1, -0.05) is 76.5 Å². The van der Waals surface area contributed by atoms with Crippen molar-refractivity contribution in [2.45, 2.75) is 129 Å². The number of aromatic nitrogens is 2. The van der Waals surface area contributed by atoms with Gasteiger partial charge in [0, 0.05) is 73.0 Å². The van der Waals surface area contributed by atoms with Gasteiger partial charge < -0.3 is 26.0 Å². The van der Waals surface area contributed by atoms with Gasteiger partial charge in [-0.2, -0.15) is 0 Å². The normalized spacial score (nSPS) is 11.8. The molecule has 0 aliphatic rings. The van der Waals surface area contributed by atoms with E-state index in [1.54, 1.807) is 45.3 Å². The van der Waals surface area contributed by atoms with Crippen LogP contribution in [-0.2, 0) is 30.3 Å². The molecule has 4 N–H and O–H groups in total. The fourth-order valence-electron chi connectivity index (χ4n) is 6.39. The molecule has 3 rings (SSSR count). The van der Waals surface area contributed by atoms with Crippen molar-refractivity contribution in [2.24, 2.45) is 11.7 Å². The summed E-state index contributed by atoms with van der Waals surface area (Å²) in [5.41, 5.74) is 5.96. The van der Waals surface area contributed by atoms with Crippen molar-refractivity contribution in [1.82, 2.24) is 30.4 Å². The summed E-state index contributed by atoms with van der Waals surface area (Å²) >= 11 is 1.23. The highest BCUT2D eigenvalue weighted by atomic mass is 33.1. The molecule has 3 aromatic rings. The first-order valence-electron chi connectivity index (χ1n) is 22.4. The number of likely N-dealkylation sites (N-methyl/N-ethyl adjacent to an activating group) is 1. The van der Waals surface area contributed by atoms with Crippen LogP contribution in [0.4, 0.5) is 4.39 Å². The lowest BCUT2D eigenvalue weighted by atomic mass is 9.95. The monoisotopic (exact) mass is 978 g/mol. The van der Waals surface area contributed by atoms with Crippen LogP contribution in [0.15, 0.2) is 72.2 Å². The molecule has 0 aliphatic carbocycles. The van der Waals surface area contributed by atoms with Gasteiger partial charge in [0.05, 0.1) is 6.54 Å². The van der Waals surface area contributed by atoms with Gasteiger partial charge in [-0.15, -0.1) is 37.3 Å². The molecule has 0 radical (unpaired) electrons. The Balaban J connectivity index is -0.00000109. The van der Waals surface area contributed by atoms with E-state index in [1.165, 1.54) is 30.4 Å². The van der Waals surface area contributed by atoms with Crippen molar-refractivity contribution in [3.8, 4) is 12.8 Å². The maximum Gasteiger partial charge on any atom is 0.303 e. The lowest BCUT2D eigenvalue weighted by Crippen LogP contribution is -2.44. The van der Waals surface area contributed by atoms with E-state index in [1.807, 2.05) is 42.0 Å². The average Bonchev–Trinajstić information content (AvgIpc) is 3.80. The summed E-state index contributed by atoms with van der Waals surface area (Å²) in [5, 5.41) is 8.96. The second-order valence-electron chi connectivity index (χ2n) is 15.4. The molecule has 372 valence electrons. The zero-order chi connectivity index (χ0) is 49.9. The van der Waals surface area contributed by atoms with Gasteiger partial charge in [-0.05, 0) is 92.2 Å². The Morgan fingerprint density at radius 3 is 2.24 bits per heavy atom. The fourth-order valence-corrected chi connectivity index (χ4v) is 9.02. The molecule has 66 heavy (non-hydrogen) atoms. The standard InChI is InChI=1S/C38H52FN5O5S3.C7H16N2O.C2H4.C2H2.3H2/c1-6-8-12-36(47)44(21-7-2)32(26(3)4)24-33(49-27(5)45)38-43-31(25-50-38)37(48)42-30(23-28-13-15-29(39)16-14-28)17-18-34(46)40-20-22-51-52-35-11-9-10-19-41-35;1-3-4-5-9(2)6-7(8)10;2*1-2;;;/h9-11,13-16,19,25-26,30,32-33H,6-8,12,17-18,20-24H2,1-5H3,(H,40,46)(H,42,48);3-6H2,1-2H3,(H2,8,10);1-2H2;1-2H;3*1H/t30-,32-,33-;;;;;;/m1....../s1. The van der Waals surface area contributed by atoms with Crippen LogP contribution in [0, 0.1) is 24.6 Å². The van der Waals surface area contributed by atoms with Crippen molar-refractivity contribution in [3.05, 3.63) is 89.3 Å². The third-order valence-electron chi connectivity index (χ3n) is 9.55. The van der Waals surface area contributed by atoms with Crippen LogP contribution in [0.1, 0.15) is 131 Å². The Labute approximate surface area is 410 Å². The summed E-state index contributed by atoms with van der Waals surface area (Å²) in [6.45, 7) is 20.1.